The third-order valence-electron chi connectivity index (χ3n) is 4.51. The minimum atomic E-state index is 0.205. The predicted octanol–water partition coefficient (Wildman–Crippen LogP) is 5.37. The number of hydrogen-bond donors (Lipinski definition) is 0. The number of nitrogens with zero attached hydrogens (tertiary/aromatic N) is 1. The fourth-order valence-corrected chi connectivity index (χ4v) is 3.58. The molecule has 0 saturated carbocycles. The summed E-state index contributed by atoms with van der Waals surface area (Å²) in [4.78, 5) is 2.60. The highest BCUT2D eigenvalue weighted by Gasteiger charge is 2.38. The van der Waals surface area contributed by atoms with E-state index in [-0.39, 0.29) is 5.54 Å². The normalized spacial score (nSPS) is 16.8. The Hall–Kier alpha value is -0.300. The maximum Gasteiger partial charge on any atom is 0.0169 e. The van der Waals surface area contributed by atoms with Crippen LogP contribution in [-0.4, -0.2) is 23.5 Å². The molecule has 2 unspecified atom stereocenters. The molecule has 0 fully saturated rings. The van der Waals surface area contributed by atoms with Crippen LogP contribution in [0.25, 0.3) is 0 Å². The molecule has 0 bridgehead atoms. The summed E-state index contributed by atoms with van der Waals surface area (Å²) in [5.74, 6) is 1.28. The van der Waals surface area contributed by atoms with Crippen LogP contribution in [-0.2, 0) is 0 Å². The van der Waals surface area contributed by atoms with Gasteiger partial charge in [0.1, 0.15) is 0 Å². The van der Waals surface area contributed by atoms with Crippen molar-refractivity contribution in [3.63, 3.8) is 0 Å². The van der Waals surface area contributed by atoms with Crippen LogP contribution in [0.5, 0.6) is 0 Å². The van der Waals surface area contributed by atoms with E-state index in [9.17, 15) is 0 Å². The van der Waals surface area contributed by atoms with E-state index in [0.29, 0.717) is 23.3 Å². The highest BCUT2D eigenvalue weighted by molar-refractivity contribution is 4.94. The lowest BCUT2D eigenvalue weighted by Crippen LogP contribution is -2.55. The van der Waals surface area contributed by atoms with E-state index in [0.717, 1.165) is 0 Å². The lowest BCUT2D eigenvalue weighted by molar-refractivity contribution is 0.00152. The van der Waals surface area contributed by atoms with Gasteiger partial charge < -0.3 is 0 Å². The van der Waals surface area contributed by atoms with Gasteiger partial charge in [0.2, 0.25) is 0 Å². The Bertz CT molecular complexity index is 270. The van der Waals surface area contributed by atoms with Gasteiger partial charge >= 0.3 is 0 Å². The van der Waals surface area contributed by atoms with Crippen molar-refractivity contribution in [2.24, 2.45) is 17.3 Å². The van der Waals surface area contributed by atoms with E-state index in [1.807, 2.05) is 0 Å². The predicted molar refractivity (Wildman–Crippen MR) is 88.5 cm³/mol. The third-order valence-corrected chi connectivity index (χ3v) is 4.51. The Morgan fingerprint density at radius 3 is 1.84 bits per heavy atom. The summed E-state index contributed by atoms with van der Waals surface area (Å²) in [6, 6.07) is 0.588. The first-order valence-corrected chi connectivity index (χ1v) is 7.82. The fraction of sp³-hybridized carbons (Fsp3) is 0.889. The fourth-order valence-electron chi connectivity index (χ4n) is 3.58. The van der Waals surface area contributed by atoms with Crippen LogP contribution in [0, 0.1) is 17.3 Å². The minimum Gasteiger partial charge on any atom is -0.297 e. The molecule has 0 radical (unpaired) electrons. The highest BCUT2D eigenvalue weighted by Crippen LogP contribution is 2.36. The summed E-state index contributed by atoms with van der Waals surface area (Å²) in [5, 5.41) is 0. The standard InChI is InChI=1S/C18H37N/c1-11-15(12-2)13-18(8,9)19(10)16(14(3)4)17(5,6)7/h11,14-16H,1,12-13H2,2-10H3. The van der Waals surface area contributed by atoms with Crippen LogP contribution < -0.4 is 0 Å². The zero-order valence-corrected chi connectivity index (χ0v) is 14.9. The van der Waals surface area contributed by atoms with Gasteiger partial charge in [0, 0.05) is 11.6 Å². The van der Waals surface area contributed by atoms with Crippen molar-refractivity contribution < 1.29 is 0 Å². The summed E-state index contributed by atoms with van der Waals surface area (Å²) in [6.45, 7) is 22.7. The van der Waals surface area contributed by atoms with E-state index < -0.39 is 0 Å². The quantitative estimate of drug-likeness (QED) is 0.560. The molecule has 2 atom stereocenters. The molecule has 0 amide bonds. The van der Waals surface area contributed by atoms with E-state index >= 15 is 0 Å². The summed E-state index contributed by atoms with van der Waals surface area (Å²) in [7, 11) is 2.30. The molecule has 0 aromatic heterocycles. The van der Waals surface area contributed by atoms with Gasteiger partial charge in [-0.3, -0.25) is 4.90 Å². The Morgan fingerprint density at radius 2 is 1.58 bits per heavy atom. The molecule has 0 saturated heterocycles. The van der Waals surface area contributed by atoms with Crippen molar-refractivity contribution in [2.75, 3.05) is 7.05 Å². The molecule has 114 valence electrons. The van der Waals surface area contributed by atoms with Crippen LogP contribution in [0.2, 0.25) is 0 Å². The topological polar surface area (TPSA) is 3.24 Å². The van der Waals surface area contributed by atoms with Crippen LogP contribution in [0.15, 0.2) is 12.7 Å². The summed E-state index contributed by atoms with van der Waals surface area (Å²) < 4.78 is 0. The molecular weight excluding hydrogens is 230 g/mol. The van der Waals surface area contributed by atoms with E-state index in [2.05, 4.69) is 80.0 Å². The van der Waals surface area contributed by atoms with Gasteiger partial charge in [-0.25, -0.2) is 0 Å². The molecule has 1 nitrogen and oxygen atoms in total. The van der Waals surface area contributed by atoms with Crippen molar-refractivity contribution in [1.82, 2.24) is 4.90 Å². The second-order valence-electron chi connectivity index (χ2n) is 8.09. The third kappa shape index (κ3) is 5.30. The van der Waals surface area contributed by atoms with Gasteiger partial charge in [0.25, 0.3) is 0 Å². The maximum absolute atomic E-state index is 3.99. The molecule has 0 aromatic carbocycles. The van der Waals surface area contributed by atoms with Crippen molar-refractivity contribution in [1.29, 1.82) is 0 Å². The van der Waals surface area contributed by atoms with Crippen molar-refractivity contribution in [2.45, 2.75) is 79.8 Å². The zero-order chi connectivity index (χ0) is 15.4. The monoisotopic (exact) mass is 267 g/mol. The lowest BCUT2D eigenvalue weighted by atomic mass is 9.76. The summed E-state index contributed by atoms with van der Waals surface area (Å²) in [6.07, 6.45) is 4.49. The summed E-state index contributed by atoms with van der Waals surface area (Å²) in [5.41, 5.74) is 0.507. The van der Waals surface area contributed by atoms with Gasteiger partial charge in [-0.15, -0.1) is 6.58 Å². The number of hydrogen-bond acceptors (Lipinski definition) is 1. The van der Waals surface area contributed by atoms with Crippen LogP contribution >= 0.6 is 0 Å². The van der Waals surface area contributed by atoms with Gasteiger partial charge in [0.05, 0.1) is 0 Å². The first kappa shape index (κ1) is 18.7. The van der Waals surface area contributed by atoms with Gasteiger partial charge in [-0.2, -0.15) is 0 Å². The van der Waals surface area contributed by atoms with Crippen molar-refractivity contribution >= 4 is 0 Å². The molecule has 0 aliphatic rings. The second-order valence-corrected chi connectivity index (χ2v) is 8.09. The molecule has 0 spiro atoms. The van der Waals surface area contributed by atoms with Crippen LogP contribution in [0.3, 0.4) is 0 Å². The number of allylic oxidation sites excluding steroid dienone is 1. The molecule has 0 rings (SSSR count). The first-order valence-electron chi connectivity index (χ1n) is 7.82. The smallest absolute Gasteiger partial charge is 0.0169 e. The molecule has 0 aliphatic heterocycles. The molecule has 0 N–H and O–H groups in total. The van der Waals surface area contributed by atoms with Crippen LogP contribution in [0.1, 0.15) is 68.2 Å². The zero-order valence-electron chi connectivity index (χ0n) is 14.9. The van der Waals surface area contributed by atoms with Crippen molar-refractivity contribution in [3.05, 3.63) is 12.7 Å². The minimum absolute atomic E-state index is 0.205. The molecule has 19 heavy (non-hydrogen) atoms. The highest BCUT2D eigenvalue weighted by atomic mass is 15.2. The second kappa shape index (κ2) is 6.92. The average molecular weight is 268 g/mol. The van der Waals surface area contributed by atoms with Crippen molar-refractivity contribution in [3.8, 4) is 0 Å². The van der Waals surface area contributed by atoms with Crippen LogP contribution in [0.4, 0.5) is 0 Å². The Balaban J connectivity index is 5.11. The maximum atomic E-state index is 3.99. The molecule has 0 aliphatic carbocycles. The van der Waals surface area contributed by atoms with E-state index in [1.165, 1.54) is 12.8 Å². The SMILES string of the molecule is C=CC(CC)CC(C)(C)N(C)C(C(C)C)C(C)(C)C. The van der Waals surface area contributed by atoms with E-state index in [1.54, 1.807) is 0 Å². The molecule has 1 heteroatoms. The lowest BCUT2D eigenvalue weighted by Gasteiger charge is -2.49. The van der Waals surface area contributed by atoms with Gasteiger partial charge in [-0.1, -0.05) is 47.6 Å². The Kier molecular flexibility index (Phi) is 6.82. The van der Waals surface area contributed by atoms with Gasteiger partial charge in [0.15, 0.2) is 0 Å². The average Bonchev–Trinajstić information content (AvgIpc) is 2.23. The van der Waals surface area contributed by atoms with E-state index in [4.69, 9.17) is 0 Å². The molecule has 0 aromatic rings. The Labute approximate surface area is 122 Å². The number of rotatable bonds is 7. The van der Waals surface area contributed by atoms with Gasteiger partial charge in [-0.05, 0) is 51.0 Å². The first-order chi connectivity index (χ1) is 8.47. The molecular formula is C18H37N. The molecule has 0 heterocycles. The Morgan fingerprint density at radius 1 is 1.11 bits per heavy atom. The summed E-state index contributed by atoms with van der Waals surface area (Å²) >= 11 is 0. The largest absolute Gasteiger partial charge is 0.297 e.